The first-order valence-electron chi connectivity index (χ1n) is 7.06. The monoisotopic (exact) mass is 302 g/mol. The second-order valence-corrected chi connectivity index (χ2v) is 4.95. The van der Waals surface area contributed by atoms with Crippen LogP contribution in [0.2, 0.25) is 0 Å². The molecule has 1 aromatic heterocycles. The van der Waals surface area contributed by atoms with Crippen molar-refractivity contribution >= 4 is 11.6 Å². The van der Waals surface area contributed by atoms with Crippen LogP contribution in [0.25, 0.3) is 0 Å². The Morgan fingerprint density at radius 2 is 2.29 bits per heavy atom. The second kappa shape index (κ2) is 8.04. The van der Waals surface area contributed by atoms with Crippen molar-refractivity contribution in [3.63, 3.8) is 0 Å². The zero-order valence-electron chi connectivity index (χ0n) is 11.7. The Labute approximate surface area is 121 Å². The van der Waals surface area contributed by atoms with Gasteiger partial charge in [0.05, 0.1) is 31.0 Å². The summed E-state index contributed by atoms with van der Waals surface area (Å²) in [5.74, 6) is -0.269. The van der Waals surface area contributed by atoms with Crippen LogP contribution in [0.3, 0.4) is 0 Å². The van der Waals surface area contributed by atoms with Crippen LogP contribution in [0.5, 0.6) is 0 Å². The average Bonchev–Trinajstić information content (AvgIpc) is 2.93. The third kappa shape index (κ3) is 5.39. The highest BCUT2D eigenvalue weighted by Crippen LogP contribution is 2.19. The summed E-state index contributed by atoms with van der Waals surface area (Å²) >= 11 is 0. The van der Waals surface area contributed by atoms with Gasteiger partial charge in [-0.3, -0.25) is 9.48 Å². The minimum absolute atomic E-state index is 0.0153. The molecule has 0 atom stereocenters. The predicted octanol–water partition coefficient (Wildman–Crippen LogP) is 1.42. The van der Waals surface area contributed by atoms with E-state index in [2.05, 4.69) is 20.5 Å². The van der Waals surface area contributed by atoms with Gasteiger partial charge in [-0.15, -0.1) is 0 Å². The number of rotatable bonds is 7. The summed E-state index contributed by atoms with van der Waals surface area (Å²) in [6.45, 7) is 1.28. The molecule has 0 bridgehead atoms. The molecule has 118 valence electrons. The van der Waals surface area contributed by atoms with Gasteiger partial charge in [0.25, 0.3) is 6.43 Å². The maximum absolute atomic E-state index is 11.8. The maximum atomic E-state index is 11.8. The number of hydrogen-bond donors (Lipinski definition) is 2. The van der Waals surface area contributed by atoms with Gasteiger partial charge in [0.2, 0.25) is 5.91 Å². The van der Waals surface area contributed by atoms with E-state index in [1.54, 1.807) is 12.4 Å². The maximum Gasteiger partial charge on any atom is 0.261 e. The van der Waals surface area contributed by atoms with Gasteiger partial charge in [-0.25, -0.2) is 8.78 Å². The van der Waals surface area contributed by atoms with Crippen molar-refractivity contribution in [2.45, 2.75) is 31.7 Å². The molecular formula is C13H20F2N4O2. The molecule has 6 nitrogen and oxygen atoms in total. The van der Waals surface area contributed by atoms with Crippen molar-refractivity contribution in [3.8, 4) is 0 Å². The van der Waals surface area contributed by atoms with E-state index in [4.69, 9.17) is 0 Å². The summed E-state index contributed by atoms with van der Waals surface area (Å²) in [5.41, 5.74) is 0.618. The van der Waals surface area contributed by atoms with E-state index in [0.29, 0.717) is 11.7 Å². The fourth-order valence-corrected chi connectivity index (χ4v) is 2.23. The van der Waals surface area contributed by atoms with Crippen LogP contribution in [-0.4, -0.2) is 48.4 Å². The van der Waals surface area contributed by atoms with Gasteiger partial charge >= 0.3 is 0 Å². The lowest BCUT2D eigenvalue weighted by Crippen LogP contribution is -2.29. The van der Waals surface area contributed by atoms with Gasteiger partial charge < -0.3 is 15.4 Å². The standard InChI is InChI=1S/C13H20F2N4O2/c14-12(15)9-21-6-3-13(20)18-10-7-17-19(8-10)11-1-4-16-5-2-11/h7-8,11-12,16H,1-6,9H2,(H,18,20). The van der Waals surface area contributed by atoms with Crippen LogP contribution < -0.4 is 10.6 Å². The summed E-state index contributed by atoms with van der Waals surface area (Å²) in [6.07, 6.45) is 2.96. The zero-order chi connectivity index (χ0) is 15.1. The Balaban J connectivity index is 1.72. The number of aromatic nitrogens is 2. The second-order valence-electron chi connectivity index (χ2n) is 4.95. The van der Waals surface area contributed by atoms with Crippen molar-refractivity contribution in [3.05, 3.63) is 12.4 Å². The lowest BCUT2D eigenvalue weighted by molar-refractivity contribution is -0.117. The molecule has 0 aliphatic carbocycles. The number of piperidine rings is 1. The van der Waals surface area contributed by atoms with Crippen LogP contribution in [-0.2, 0) is 9.53 Å². The minimum atomic E-state index is -2.50. The van der Waals surface area contributed by atoms with E-state index < -0.39 is 13.0 Å². The van der Waals surface area contributed by atoms with Gasteiger partial charge in [-0.1, -0.05) is 0 Å². The van der Waals surface area contributed by atoms with Crippen LogP contribution >= 0.6 is 0 Å². The number of nitrogens with zero attached hydrogens (tertiary/aromatic N) is 2. The van der Waals surface area contributed by atoms with Crippen molar-refractivity contribution in [1.29, 1.82) is 0 Å². The largest absolute Gasteiger partial charge is 0.375 e. The lowest BCUT2D eigenvalue weighted by Gasteiger charge is -2.22. The van der Waals surface area contributed by atoms with Crippen molar-refractivity contribution in [1.82, 2.24) is 15.1 Å². The molecule has 1 fully saturated rings. The first kappa shape index (κ1) is 15.8. The van der Waals surface area contributed by atoms with Gasteiger partial charge in [0, 0.05) is 6.20 Å². The smallest absolute Gasteiger partial charge is 0.261 e. The fraction of sp³-hybridized carbons (Fsp3) is 0.692. The van der Waals surface area contributed by atoms with Gasteiger partial charge in [-0.05, 0) is 25.9 Å². The van der Waals surface area contributed by atoms with E-state index in [-0.39, 0.29) is 18.9 Å². The third-order valence-corrected chi connectivity index (χ3v) is 3.29. The summed E-state index contributed by atoms with van der Waals surface area (Å²) in [7, 11) is 0. The number of anilines is 1. The Kier molecular flexibility index (Phi) is 6.06. The van der Waals surface area contributed by atoms with Crippen molar-refractivity contribution in [2.24, 2.45) is 0 Å². The zero-order valence-corrected chi connectivity index (χ0v) is 11.7. The summed E-state index contributed by atoms with van der Waals surface area (Å²) in [4.78, 5) is 11.6. The molecule has 2 rings (SSSR count). The summed E-state index contributed by atoms with van der Waals surface area (Å²) in [6, 6.07) is 0.353. The number of carbonyl (C=O) groups is 1. The molecule has 0 spiro atoms. The molecule has 1 aliphatic rings. The molecule has 1 aliphatic heterocycles. The highest BCUT2D eigenvalue weighted by molar-refractivity contribution is 5.90. The molecule has 1 aromatic rings. The van der Waals surface area contributed by atoms with Gasteiger partial charge in [-0.2, -0.15) is 5.10 Å². The number of hydrogen-bond acceptors (Lipinski definition) is 4. The number of nitrogens with one attached hydrogen (secondary N) is 2. The molecule has 0 unspecified atom stereocenters. The molecule has 0 radical (unpaired) electrons. The van der Waals surface area contributed by atoms with Crippen LogP contribution in [0.1, 0.15) is 25.3 Å². The SMILES string of the molecule is O=C(CCOCC(F)F)Nc1cnn(C2CCNCC2)c1. The number of carbonyl (C=O) groups excluding carboxylic acids is 1. The first-order chi connectivity index (χ1) is 10.1. The lowest BCUT2D eigenvalue weighted by atomic mass is 10.1. The van der Waals surface area contributed by atoms with Crippen molar-refractivity contribution < 1.29 is 18.3 Å². The van der Waals surface area contributed by atoms with E-state index in [0.717, 1.165) is 25.9 Å². The van der Waals surface area contributed by atoms with E-state index >= 15 is 0 Å². The Bertz CT molecular complexity index is 447. The Morgan fingerprint density at radius 1 is 1.52 bits per heavy atom. The average molecular weight is 302 g/mol. The van der Waals surface area contributed by atoms with Crippen molar-refractivity contribution in [2.75, 3.05) is 31.6 Å². The molecular weight excluding hydrogens is 282 g/mol. The quantitative estimate of drug-likeness (QED) is 0.748. The molecule has 1 saturated heterocycles. The number of ether oxygens (including phenoxy) is 1. The number of halogens is 2. The summed E-state index contributed by atoms with van der Waals surface area (Å²) < 4.78 is 30.2. The molecule has 2 N–H and O–H groups in total. The topological polar surface area (TPSA) is 68.2 Å². The molecule has 2 heterocycles. The van der Waals surface area contributed by atoms with Gasteiger partial charge in [0.15, 0.2) is 0 Å². The van der Waals surface area contributed by atoms with Crippen LogP contribution in [0.15, 0.2) is 12.4 Å². The summed E-state index contributed by atoms with van der Waals surface area (Å²) in [5, 5.41) is 10.2. The Hall–Kier alpha value is -1.54. The van der Waals surface area contributed by atoms with E-state index in [1.807, 2.05) is 4.68 Å². The number of amides is 1. The van der Waals surface area contributed by atoms with E-state index in [1.165, 1.54) is 0 Å². The first-order valence-corrected chi connectivity index (χ1v) is 7.06. The molecule has 21 heavy (non-hydrogen) atoms. The fourth-order valence-electron chi connectivity index (χ4n) is 2.23. The van der Waals surface area contributed by atoms with Crippen LogP contribution in [0, 0.1) is 0 Å². The predicted molar refractivity (Wildman–Crippen MR) is 73.4 cm³/mol. The highest BCUT2D eigenvalue weighted by atomic mass is 19.3. The van der Waals surface area contributed by atoms with Crippen LogP contribution in [0.4, 0.5) is 14.5 Å². The van der Waals surface area contributed by atoms with Gasteiger partial charge in [0.1, 0.15) is 6.61 Å². The Morgan fingerprint density at radius 3 is 3.00 bits per heavy atom. The molecule has 0 saturated carbocycles. The van der Waals surface area contributed by atoms with E-state index in [9.17, 15) is 13.6 Å². The molecule has 8 heteroatoms. The molecule has 1 amide bonds. The minimum Gasteiger partial charge on any atom is -0.375 e. The number of alkyl halides is 2. The normalized spacial score (nSPS) is 16.3. The third-order valence-electron chi connectivity index (χ3n) is 3.29. The highest BCUT2D eigenvalue weighted by Gasteiger charge is 2.16. The molecule has 0 aromatic carbocycles.